The molecule has 2 unspecified atom stereocenters. The van der Waals surface area contributed by atoms with Crippen molar-refractivity contribution in [1.82, 2.24) is 0 Å². The van der Waals surface area contributed by atoms with Crippen LogP contribution in [0.4, 0.5) is 5.69 Å². The van der Waals surface area contributed by atoms with Gasteiger partial charge >= 0.3 is 0 Å². The maximum atomic E-state index is 10.8. The molecule has 8 heteroatoms. The third-order valence-corrected chi connectivity index (χ3v) is 3.67. The number of methoxy groups -OCH3 is 1. The lowest BCUT2D eigenvalue weighted by Crippen LogP contribution is -2.20. The Morgan fingerprint density at radius 3 is 2.67 bits per heavy atom. The summed E-state index contributed by atoms with van der Waals surface area (Å²) in [6, 6.07) is 3.80. The first-order chi connectivity index (χ1) is 9.86. The fourth-order valence-corrected chi connectivity index (χ4v) is 2.40. The van der Waals surface area contributed by atoms with E-state index in [-0.39, 0.29) is 28.5 Å². The Morgan fingerprint density at radius 2 is 2.14 bits per heavy atom. The molecule has 0 amide bonds. The van der Waals surface area contributed by atoms with Crippen molar-refractivity contribution < 1.29 is 24.7 Å². The van der Waals surface area contributed by atoms with E-state index in [0.29, 0.717) is 5.75 Å². The number of aliphatic hydroxyl groups is 2. The van der Waals surface area contributed by atoms with Crippen LogP contribution < -0.4 is 4.74 Å². The molecule has 0 fully saturated rings. The van der Waals surface area contributed by atoms with Gasteiger partial charge in [0.25, 0.3) is 5.69 Å². The van der Waals surface area contributed by atoms with Gasteiger partial charge in [-0.2, -0.15) is 0 Å². The highest BCUT2D eigenvalue weighted by Crippen LogP contribution is 2.32. The summed E-state index contributed by atoms with van der Waals surface area (Å²) in [6.07, 6.45) is -2.29. The normalized spacial score (nSPS) is 13.5. The van der Waals surface area contributed by atoms with Crippen LogP contribution in [0.5, 0.6) is 5.75 Å². The van der Waals surface area contributed by atoms with Crippen LogP contribution in [0.1, 0.15) is 25.0 Å². The van der Waals surface area contributed by atoms with E-state index >= 15 is 0 Å². The summed E-state index contributed by atoms with van der Waals surface area (Å²) < 4.78 is 5.04. The maximum Gasteiger partial charge on any atom is 0.270 e. The molecular formula is C13H17NO6S. The van der Waals surface area contributed by atoms with Crippen molar-refractivity contribution in [2.24, 2.45) is 0 Å². The molecule has 0 bridgehead atoms. The van der Waals surface area contributed by atoms with Crippen LogP contribution in [0.15, 0.2) is 18.2 Å². The lowest BCUT2D eigenvalue weighted by molar-refractivity contribution is -0.385. The number of hydrogen-bond acceptors (Lipinski definition) is 7. The van der Waals surface area contributed by atoms with Gasteiger partial charge < -0.3 is 14.9 Å². The van der Waals surface area contributed by atoms with Gasteiger partial charge in [-0.1, -0.05) is 11.8 Å². The van der Waals surface area contributed by atoms with Crippen molar-refractivity contribution in [3.8, 4) is 5.75 Å². The second-order valence-corrected chi connectivity index (χ2v) is 5.60. The number of ether oxygens (including phenoxy) is 1. The molecule has 2 atom stereocenters. The minimum absolute atomic E-state index is 0.0791. The Morgan fingerprint density at radius 1 is 1.48 bits per heavy atom. The molecule has 116 valence electrons. The van der Waals surface area contributed by atoms with E-state index in [4.69, 9.17) is 4.74 Å². The van der Waals surface area contributed by atoms with E-state index in [0.717, 1.165) is 11.8 Å². The predicted molar refractivity (Wildman–Crippen MR) is 78.4 cm³/mol. The molecule has 0 aliphatic heterocycles. The summed E-state index contributed by atoms with van der Waals surface area (Å²) in [5, 5.41) is 30.8. The van der Waals surface area contributed by atoms with Crippen molar-refractivity contribution in [2.45, 2.75) is 25.6 Å². The van der Waals surface area contributed by atoms with Gasteiger partial charge in [0.2, 0.25) is 0 Å². The van der Waals surface area contributed by atoms with Crippen LogP contribution >= 0.6 is 11.8 Å². The van der Waals surface area contributed by atoms with Gasteiger partial charge in [-0.3, -0.25) is 14.9 Å². The molecule has 0 saturated carbocycles. The van der Waals surface area contributed by atoms with Crippen LogP contribution in [-0.4, -0.2) is 39.2 Å². The second kappa shape index (κ2) is 7.96. The molecule has 1 rings (SSSR count). The van der Waals surface area contributed by atoms with Crippen LogP contribution in [-0.2, 0) is 4.79 Å². The number of aliphatic hydroxyl groups excluding tert-OH is 2. The minimum atomic E-state index is -1.33. The van der Waals surface area contributed by atoms with Crippen LogP contribution in [0, 0.1) is 10.1 Å². The van der Waals surface area contributed by atoms with E-state index in [1.807, 2.05) is 0 Å². The van der Waals surface area contributed by atoms with Gasteiger partial charge in [0.05, 0.1) is 18.1 Å². The third-order valence-electron chi connectivity index (χ3n) is 2.83. The molecule has 0 aliphatic carbocycles. The smallest absolute Gasteiger partial charge is 0.270 e. The summed E-state index contributed by atoms with van der Waals surface area (Å²) in [5.41, 5.74) is -0.0535. The summed E-state index contributed by atoms with van der Waals surface area (Å²) in [6.45, 7) is 1.41. The van der Waals surface area contributed by atoms with Gasteiger partial charge in [0.15, 0.2) is 5.12 Å². The number of benzene rings is 1. The lowest BCUT2D eigenvalue weighted by Gasteiger charge is -2.19. The fourth-order valence-electron chi connectivity index (χ4n) is 1.75. The molecule has 21 heavy (non-hydrogen) atoms. The largest absolute Gasteiger partial charge is 0.496 e. The number of non-ortho nitro benzene ring substituents is 1. The number of carbonyl (C=O) groups excluding carboxylic acids is 1. The van der Waals surface area contributed by atoms with Crippen LogP contribution in [0.3, 0.4) is 0 Å². The van der Waals surface area contributed by atoms with Gasteiger partial charge in [-0.05, 0) is 12.5 Å². The summed E-state index contributed by atoms with van der Waals surface area (Å²) in [5.74, 6) is 0.608. The van der Waals surface area contributed by atoms with Crippen molar-refractivity contribution in [1.29, 1.82) is 0 Å². The molecule has 7 nitrogen and oxygen atoms in total. The number of nitrogens with zero attached hydrogens (tertiary/aromatic N) is 1. The predicted octanol–water partition coefficient (Wildman–Crippen LogP) is 1.67. The van der Waals surface area contributed by atoms with Crippen LogP contribution in [0.25, 0.3) is 0 Å². The molecule has 0 aliphatic rings. The monoisotopic (exact) mass is 315 g/mol. The van der Waals surface area contributed by atoms with Gasteiger partial charge in [-0.15, -0.1) is 0 Å². The van der Waals surface area contributed by atoms with E-state index in [1.54, 1.807) is 0 Å². The number of hydrogen-bond donors (Lipinski definition) is 2. The van der Waals surface area contributed by atoms with Crippen molar-refractivity contribution in [3.63, 3.8) is 0 Å². The molecule has 0 heterocycles. The third kappa shape index (κ3) is 5.00. The summed E-state index contributed by atoms with van der Waals surface area (Å²) in [4.78, 5) is 21.0. The number of rotatable bonds is 7. The molecule has 1 aromatic rings. The van der Waals surface area contributed by atoms with Crippen molar-refractivity contribution >= 4 is 22.6 Å². The molecule has 0 spiro atoms. The molecule has 0 aromatic heterocycles. The fraction of sp³-hybridized carbons (Fsp3) is 0.462. The average molecular weight is 315 g/mol. The topological polar surface area (TPSA) is 110 Å². The van der Waals surface area contributed by atoms with Crippen LogP contribution in [0.2, 0.25) is 0 Å². The highest BCUT2D eigenvalue weighted by molar-refractivity contribution is 8.13. The first kappa shape index (κ1) is 17.4. The number of carbonyl (C=O) groups is 1. The first-order valence-electron chi connectivity index (χ1n) is 6.18. The Labute approximate surface area is 126 Å². The standard InChI is InChI=1S/C13H17NO6S/c1-8(15)21-6-5-11(16)13(17)10-7-9(14(18)19)3-4-12(10)20-2/h3-4,7,11,13,16-17H,5-6H2,1-2H3. The Bertz CT molecular complexity index is 521. The maximum absolute atomic E-state index is 10.8. The number of thioether (sulfide) groups is 1. The van der Waals surface area contributed by atoms with E-state index in [9.17, 15) is 25.1 Å². The zero-order valence-electron chi connectivity index (χ0n) is 11.7. The van der Waals surface area contributed by atoms with Gasteiger partial charge in [0, 0.05) is 30.4 Å². The van der Waals surface area contributed by atoms with Gasteiger partial charge in [0.1, 0.15) is 11.9 Å². The Hall–Kier alpha value is -1.64. The lowest BCUT2D eigenvalue weighted by atomic mass is 10.0. The minimum Gasteiger partial charge on any atom is -0.496 e. The zero-order chi connectivity index (χ0) is 16.0. The molecule has 0 radical (unpaired) electrons. The highest BCUT2D eigenvalue weighted by atomic mass is 32.2. The molecular weight excluding hydrogens is 298 g/mol. The van der Waals surface area contributed by atoms with E-state index in [1.165, 1.54) is 32.2 Å². The van der Waals surface area contributed by atoms with E-state index < -0.39 is 17.1 Å². The number of nitro groups is 1. The summed E-state index contributed by atoms with van der Waals surface area (Å²) in [7, 11) is 1.37. The zero-order valence-corrected chi connectivity index (χ0v) is 12.5. The number of nitro benzene ring substituents is 1. The molecule has 0 saturated heterocycles. The Balaban J connectivity index is 2.88. The first-order valence-corrected chi connectivity index (χ1v) is 7.17. The quantitative estimate of drug-likeness (QED) is 0.581. The SMILES string of the molecule is COc1ccc([N+](=O)[O-])cc1C(O)C(O)CCSC(C)=O. The molecule has 1 aromatic carbocycles. The second-order valence-electron chi connectivity index (χ2n) is 4.32. The summed E-state index contributed by atoms with van der Waals surface area (Å²) >= 11 is 1.04. The van der Waals surface area contributed by atoms with Crippen molar-refractivity contribution in [2.75, 3.05) is 12.9 Å². The van der Waals surface area contributed by atoms with E-state index in [2.05, 4.69) is 0 Å². The van der Waals surface area contributed by atoms with Gasteiger partial charge in [-0.25, -0.2) is 0 Å². The highest BCUT2D eigenvalue weighted by Gasteiger charge is 2.24. The Kier molecular flexibility index (Phi) is 6.60. The molecule has 2 N–H and O–H groups in total. The average Bonchev–Trinajstić information content (AvgIpc) is 2.45. The van der Waals surface area contributed by atoms with Crippen molar-refractivity contribution in [3.05, 3.63) is 33.9 Å².